The third kappa shape index (κ3) is 29.4. The molecule has 0 radical (unpaired) electrons. The SMILES string of the molecule is C1C2CC3CC1CC(C2)C3.C1CC1.C1CC2C3CCC(C3)C2C1.C1CC2CC1C1C3CCC(C3)C21.C1CC2CCC1C2.C1CCC1.C1CCC2C3CCC(C3)C2C1.C1CCC2CCCCC2C1.C1CCCC1.C1CCCCC1.C1CCCCCC1.C1CCCCCCC1.C1CCCCCCCCCCC1. The van der Waals surface area contributed by atoms with Crippen molar-refractivity contribution in [3.63, 3.8) is 0 Å². The maximum atomic E-state index is 1.64. The average molecular weight is 1450 g/mol. The van der Waals surface area contributed by atoms with Crippen LogP contribution >= 0.6 is 0 Å². The van der Waals surface area contributed by atoms with E-state index in [0.717, 1.165) is 11.8 Å². The fourth-order valence-electron chi connectivity index (χ4n) is 29.7. The lowest BCUT2D eigenvalue weighted by atomic mass is 9.56. The van der Waals surface area contributed by atoms with Crippen LogP contribution in [0.1, 0.15) is 533 Å². The van der Waals surface area contributed by atoms with Crippen LogP contribution in [0.15, 0.2) is 0 Å². The van der Waals surface area contributed by atoms with Gasteiger partial charge in [0.05, 0.1) is 0 Å². The van der Waals surface area contributed by atoms with Crippen molar-refractivity contribution in [2.24, 2.45) is 130 Å². The van der Waals surface area contributed by atoms with Crippen molar-refractivity contribution in [2.75, 3.05) is 0 Å². The molecule has 25 fully saturated rings. The first-order valence-corrected chi connectivity index (χ1v) is 52.1. The summed E-state index contributed by atoms with van der Waals surface area (Å²) in [6.07, 6.45) is 128. The van der Waals surface area contributed by atoms with E-state index in [0.29, 0.717) is 0 Å². The Morgan fingerprint density at radius 1 is 0.0857 bits per heavy atom. The first-order chi connectivity index (χ1) is 52.1. The predicted octanol–water partition coefficient (Wildman–Crippen LogP) is 35.1. The van der Waals surface area contributed by atoms with E-state index in [2.05, 4.69) is 0 Å². The van der Waals surface area contributed by atoms with Gasteiger partial charge in [-0.1, -0.05) is 385 Å². The van der Waals surface area contributed by atoms with Crippen molar-refractivity contribution in [1.82, 2.24) is 0 Å². The molecule has 0 aromatic rings. The van der Waals surface area contributed by atoms with E-state index in [-0.39, 0.29) is 0 Å². The van der Waals surface area contributed by atoms with Gasteiger partial charge in [0.25, 0.3) is 0 Å². The van der Waals surface area contributed by atoms with Crippen molar-refractivity contribution in [3.05, 3.63) is 0 Å². The zero-order valence-corrected chi connectivity index (χ0v) is 71.4. The largest absolute Gasteiger partial charge is 0.0533 e. The van der Waals surface area contributed by atoms with E-state index in [4.69, 9.17) is 0 Å². The van der Waals surface area contributed by atoms with Gasteiger partial charge in [0.15, 0.2) is 0 Å². The Labute approximate surface area is 659 Å². The molecule has 25 aliphatic carbocycles. The molecule has 0 aliphatic heterocycles. The molecule has 105 heavy (non-hydrogen) atoms. The molecule has 0 amide bonds. The summed E-state index contributed by atoms with van der Waals surface area (Å²) in [6, 6.07) is 0. The molecule has 608 valence electrons. The van der Waals surface area contributed by atoms with E-state index < -0.39 is 0 Å². The summed E-state index contributed by atoms with van der Waals surface area (Å²) in [5.74, 6) is 26.2. The van der Waals surface area contributed by atoms with Gasteiger partial charge in [0, 0.05) is 0 Å². The Morgan fingerprint density at radius 3 is 0.419 bits per heavy atom. The molecule has 12 unspecified atom stereocenters. The van der Waals surface area contributed by atoms with Gasteiger partial charge in [0.2, 0.25) is 0 Å². The average Bonchev–Trinajstić information content (AvgIpc) is 1.58. The van der Waals surface area contributed by atoms with Crippen LogP contribution in [-0.2, 0) is 0 Å². The van der Waals surface area contributed by atoms with E-state index in [9.17, 15) is 0 Å². The summed E-state index contributed by atoms with van der Waals surface area (Å²) in [5.41, 5.74) is 0. The van der Waals surface area contributed by atoms with Crippen molar-refractivity contribution < 1.29 is 0 Å². The molecular formula is C105H188. The third-order valence-electron chi connectivity index (χ3n) is 35.6. The van der Waals surface area contributed by atoms with Crippen LogP contribution in [-0.4, -0.2) is 0 Å². The highest BCUT2D eigenvalue weighted by molar-refractivity contribution is 5.08. The Morgan fingerprint density at radius 2 is 0.238 bits per heavy atom. The monoisotopic (exact) mass is 1450 g/mol. The van der Waals surface area contributed by atoms with Crippen molar-refractivity contribution >= 4 is 0 Å². The van der Waals surface area contributed by atoms with Crippen LogP contribution in [0.2, 0.25) is 0 Å². The van der Waals surface area contributed by atoms with Gasteiger partial charge in [-0.3, -0.25) is 0 Å². The van der Waals surface area contributed by atoms with Gasteiger partial charge in [-0.2, -0.15) is 0 Å². The minimum absolute atomic E-state index is 1.16. The smallest absolute Gasteiger partial charge is 0.0323 e. The van der Waals surface area contributed by atoms with E-state index in [1.54, 1.807) is 218 Å². The quantitative estimate of drug-likeness (QED) is 0.168. The minimum atomic E-state index is 1.16. The summed E-state index contributed by atoms with van der Waals surface area (Å²) < 4.78 is 0. The van der Waals surface area contributed by atoms with Gasteiger partial charge in [-0.05, 0) is 278 Å². The molecule has 12 atom stereocenters. The lowest BCUT2D eigenvalue weighted by Gasteiger charge is -2.49. The Balaban J connectivity index is 0.000000108. The molecule has 14 bridgehead atoms. The Bertz CT molecular complexity index is 1840. The molecular weight excluding hydrogens is 1260 g/mol. The highest BCUT2D eigenvalue weighted by Gasteiger charge is 2.59. The molecule has 0 aromatic carbocycles. The summed E-state index contributed by atoms with van der Waals surface area (Å²) in [7, 11) is 0. The number of hydrogen-bond acceptors (Lipinski definition) is 0. The van der Waals surface area contributed by atoms with Crippen LogP contribution in [0.25, 0.3) is 0 Å². The molecule has 0 saturated heterocycles. The van der Waals surface area contributed by atoms with Crippen LogP contribution in [0.3, 0.4) is 0 Å². The van der Waals surface area contributed by atoms with Gasteiger partial charge in [0.1, 0.15) is 0 Å². The third-order valence-corrected chi connectivity index (χ3v) is 35.6. The van der Waals surface area contributed by atoms with Crippen LogP contribution in [0.5, 0.6) is 0 Å². The zero-order chi connectivity index (χ0) is 71.4. The molecule has 0 N–H and O–H groups in total. The summed E-state index contributed by atoms with van der Waals surface area (Å²) >= 11 is 0. The number of rotatable bonds is 0. The zero-order valence-electron chi connectivity index (χ0n) is 71.4. The van der Waals surface area contributed by atoms with Gasteiger partial charge in [-0.25, -0.2) is 0 Å². The maximum absolute atomic E-state index is 1.64. The minimum Gasteiger partial charge on any atom is -0.0533 e. The van der Waals surface area contributed by atoms with E-state index >= 15 is 0 Å². The van der Waals surface area contributed by atoms with Gasteiger partial charge >= 0.3 is 0 Å². The molecule has 0 spiro atoms. The first kappa shape index (κ1) is 84.4. The second kappa shape index (κ2) is 49.7. The number of hydrogen-bond donors (Lipinski definition) is 0. The standard InChI is InChI=1S/C12H18.C12H24.C11H18.2C10H16.C10H18.C8H16.C7H12.C7H14.C6H12.C5H10.C4H8.C3H6/c1-2-8-5-7(1)11-9-3-4-10(6-9)12(8)11;1-2-4-6-8-10-12-11-9-7-5-3-1;1-2-4-11-9-6-5-8(7-9)10(11)3-1;1-7-2-9-4-8(1)5-10(3-7)6-9;1-2-9-7-4-5-8(6-7)10(9)3-1;1-2-6-10-8-4-3-7-9(10)5-1;1-2-4-6-8-7-5-3-1;1-2-7-4-3-6(1)5-7;1-2-4-6-7-5-3-1;1-2-4-6-5-3-1;1-2-4-5-3-1;1-2-4-3-1;1-2-3-1/h7-12H,1-6H2;1-12H2;8-11H,1-7H2;2*7-10H,1-6H2;9-10H,1-8H2;1-8H2;6-7H,1-5H2;1-7H2;1-6H2;1-5H2;1-4H2;1-3H2. The summed E-state index contributed by atoms with van der Waals surface area (Å²) in [4.78, 5) is 0. The molecule has 0 aromatic heterocycles. The highest BCUT2D eigenvalue weighted by atomic mass is 14.6. The van der Waals surface area contributed by atoms with Gasteiger partial charge in [-0.15, -0.1) is 0 Å². The topological polar surface area (TPSA) is 0 Å². The van der Waals surface area contributed by atoms with Gasteiger partial charge < -0.3 is 0 Å². The van der Waals surface area contributed by atoms with Crippen molar-refractivity contribution in [3.8, 4) is 0 Å². The van der Waals surface area contributed by atoms with E-state index in [1.165, 1.54) is 433 Å². The molecule has 0 nitrogen and oxygen atoms in total. The Kier molecular flexibility index (Phi) is 39.9. The fourth-order valence-corrected chi connectivity index (χ4v) is 29.7. The summed E-state index contributed by atoms with van der Waals surface area (Å²) in [6.45, 7) is 0. The molecule has 25 saturated carbocycles. The summed E-state index contributed by atoms with van der Waals surface area (Å²) in [5, 5.41) is 0. The van der Waals surface area contributed by atoms with Crippen LogP contribution < -0.4 is 0 Å². The van der Waals surface area contributed by atoms with Crippen LogP contribution in [0, 0.1) is 130 Å². The highest BCUT2D eigenvalue weighted by Crippen LogP contribution is 2.67. The second-order valence-electron chi connectivity index (χ2n) is 43.4. The van der Waals surface area contributed by atoms with Crippen LogP contribution in [0.4, 0.5) is 0 Å². The van der Waals surface area contributed by atoms with Crippen molar-refractivity contribution in [2.45, 2.75) is 533 Å². The molecule has 25 rings (SSSR count). The lowest BCUT2D eigenvalue weighted by Crippen LogP contribution is -2.38. The van der Waals surface area contributed by atoms with Crippen molar-refractivity contribution in [1.29, 1.82) is 0 Å². The molecule has 0 heterocycles. The maximum Gasteiger partial charge on any atom is -0.0323 e. The molecule has 0 heteroatoms. The second-order valence-corrected chi connectivity index (χ2v) is 43.4. The van der Waals surface area contributed by atoms with E-state index in [1.807, 2.05) is 0 Å². The number of fused-ring (bicyclic) bond motifs is 22. The molecule has 25 aliphatic rings. The fraction of sp³-hybridized carbons (Fsp3) is 1.00. The predicted molar refractivity (Wildman–Crippen MR) is 460 cm³/mol. The first-order valence-electron chi connectivity index (χ1n) is 52.1. The Hall–Kier alpha value is 0. The lowest BCUT2D eigenvalue weighted by molar-refractivity contribution is 0.0198. The normalized spacial score (nSPS) is 41.6.